The molecule has 1 amide bonds. The number of rotatable bonds is 2. The number of hydrogen-bond acceptors (Lipinski definition) is 2. The minimum absolute atomic E-state index is 0.139. The highest BCUT2D eigenvalue weighted by Gasteiger charge is 2.29. The molecule has 104 valence electrons. The Bertz CT molecular complexity index is 470. The molecule has 1 aromatic carbocycles. The van der Waals surface area contributed by atoms with Crippen molar-refractivity contribution in [2.75, 3.05) is 13.1 Å². The molecule has 3 heteroatoms. The molecule has 0 saturated carbocycles. The first-order chi connectivity index (χ1) is 9.02. The standard InChI is InChI=1S/C16H24N2O/c1-11-4-5-15(13(3)8-11)16(19)18-7-6-12(2)9-14(18)10-17/h4-5,8,12,14H,6-7,9-10,17H2,1-3H3. The second-order valence-corrected chi connectivity index (χ2v) is 5.84. The fourth-order valence-corrected chi connectivity index (χ4v) is 2.95. The number of piperidine rings is 1. The molecule has 0 aromatic heterocycles. The highest BCUT2D eigenvalue weighted by molar-refractivity contribution is 5.96. The van der Waals surface area contributed by atoms with Crippen LogP contribution in [0.1, 0.15) is 41.3 Å². The molecule has 0 aliphatic carbocycles. The number of benzene rings is 1. The molecular weight excluding hydrogens is 236 g/mol. The maximum atomic E-state index is 12.7. The highest BCUT2D eigenvalue weighted by Crippen LogP contribution is 2.24. The monoisotopic (exact) mass is 260 g/mol. The molecule has 2 rings (SSSR count). The molecule has 1 saturated heterocycles. The van der Waals surface area contributed by atoms with Gasteiger partial charge in [0.05, 0.1) is 0 Å². The number of nitrogens with two attached hydrogens (primary N) is 1. The summed E-state index contributed by atoms with van der Waals surface area (Å²) in [5.41, 5.74) is 8.90. The molecular formula is C16H24N2O. The first-order valence-corrected chi connectivity index (χ1v) is 7.11. The van der Waals surface area contributed by atoms with Crippen molar-refractivity contribution >= 4 is 5.91 Å². The van der Waals surface area contributed by atoms with Crippen LogP contribution in [0.25, 0.3) is 0 Å². The third kappa shape index (κ3) is 2.98. The predicted octanol–water partition coefficient (Wildman–Crippen LogP) is 2.50. The molecule has 3 nitrogen and oxygen atoms in total. The van der Waals surface area contributed by atoms with Gasteiger partial charge in [-0.25, -0.2) is 0 Å². The van der Waals surface area contributed by atoms with Gasteiger partial charge in [-0.15, -0.1) is 0 Å². The van der Waals surface area contributed by atoms with Crippen molar-refractivity contribution in [2.24, 2.45) is 11.7 Å². The van der Waals surface area contributed by atoms with Crippen LogP contribution in [0.3, 0.4) is 0 Å². The van der Waals surface area contributed by atoms with Crippen molar-refractivity contribution in [1.82, 2.24) is 4.90 Å². The lowest BCUT2D eigenvalue weighted by atomic mass is 9.91. The number of carbonyl (C=O) groups is 1. The lowest BCUT2D eigenvalue weighted by Gasteiger charge is -2.38. The summed E-state index contributed by atoms with van der Waals surface area (Å²) < 4.78 is 0. The fraction of sp³-hybridized carbons (Fsp3) is 0.562. The quantitative estimate of drug-likeness (QED) is 0.888. The van der Waals surface area contributed by atoms with Gasteiger partial charge in [0.1, 0.15) is 0 Å². The Morgan fingerprint density at radius 1 is 1.42 bits per heavy atom. The van der Waals surface area contributed by atoms with Crippen molar-refractivity contribution in [3.05, 3.63) is 34.9 Å². The SMILES string of the molecule is Cc1ccc(C(=O)N2CCC(C)CC2CN)c(C)c1. The topological polar surface area (TPSA) is 46.3 Å². The smallest absolute Gasteiger partial charge is 0.254 e. The van der Waals surface area contributed by atoms with Crippen LogP contribution in [0.15, 0.2) is 18.2 Å². The Kier molecular flexibility index (Phi) is 4.25. The van der Waals surface area contributed by atoms with Gasteiger partial charge in [-0.2, -0.15) is 0 Å². The maximum Gasteiger partial charge on any atom is 0.254 e. The molecule has 1 heterocycles. The first-order valence-electron chi connectivity index (χ1n) is 7.11. The lowest BCUT2D eigenvalue weighted by Crippen LogP contribution is -2.49. The number of likely N-dealkylation sites (tertiary alicyclic amines) is 1. The van der Waals surface area contributed by atoms with E-state index in [-0.39, 0.29) is 11.9 Å². The number of hydrogen-bond donors (Lipinski definition) is 1. The van der Waals surface area contributed by atoms with Gasteiger partial charge in [-0.05, 0) is 44.2 Å². The Labute approximate surface area is 115 Å². The van der Waals surface area contributed by atoms with Crippen LogP contribution >= 0.6 is 0 Å². The molecule has 1 aromatic rings. The largest absolute Gasteiger partial charge is 0.334 e. The van der Waals surface area contributed by atoms with Crippen molar-refractivity contribution in [3.8, 4) is 0 Å². The third-order valence-electron chi connectivity index (χ3n) is 4.12. The van der Waals surface area contributed by atoms with E-state index in [0.717, 1.165) is 30.5 Å². The summed E-state index contributed by atoms with van der Waals surface area (Å²) in [4.78, 5) is 14.6. The van der Waals surface area contributed by atoms with Gasteiger partial charge in [-0.1, -0.05) is 24.6 Å². The van der Waals surface area contributed by atoms with Crippen LogP contribution in [0, 0.1) is 19.8 Å². The van der Waals surface area contributed by atoms with E-state index >= 15 is 0 Å². The van der Waals surface area contributed by atoms with Crippen molar-refractivity contribution < 1.29 is 4.79 Å². The average Bonchev–Trinajstić information content (AvgIpc) is 2.37. The van der Waals surface area contributed by atoms with Gasteiger partial charge in [0.25, 0.3) is 5.91 Å². The summed E-state index contributed by atoms with van der Waals surface area (Å²) in [5.74, 6) is 0.802. The minimum Gasteiger partial charge on any atom is -0.334 e. The number of carbonyl (C=O) groups excluding carboxylic acids is 1. The van der Waals surface area contributed by atoms with E-state index in [2.05, 4.69) is 13.0 Å². The van der Waals surface area contributed by atoms with Crippen LogP contribution in [-0.4, -0.2) is 29.9 Å². The Morgan fingerprint density at radius 3 is 2.79 bits per heavy atom. The normalized spacial score (nSPS) is 23.5. The molecule has 0 radical (unpaired) electrons. The van der Waals surface area contributed by atoms with E-state index < -0.39 is 0 Å². The summed E-state index contributed by atoms with van der Waals surface area (Å²) in [6, 6.07) is 6.21. The van der Waals surface area contributed by atoms with Gasteiger partial charge in [-0.3, -0.25) is 4.79 Å². The van der Waals surface area contributed by atoms with Crippen molar-refractivity contribution in [2.45, 2.75) is 39.7 Å². The number of amides is 1. The maximum absolute atomic E-state index is 12.7. The zero-order valence-corrected chi connectivity index (χ0v) is 12.1. The van der Waals surface area contributed by atoms with Crippen LogP contribution in [0.4, 0.5) is 0 Å². The predicted molar refractivity (Wildman–Crippen MR) is 78.2 cm³/mol. The molecule has 0 spiro atoms. The van der Waals surface area contributed by atoms with E-state index in [0.29, 0.717) is 12.5 Å². The Hall–Kier alpha value is -1.35. The summed E-state index contributed by atoms with van der Waals surface area (Å²) in [5, 5.41) is 0. The van der Waals surface area contributed by atoms with Crippen LogP contribution in [-0.2, 0) is 0 Å². The molecule has 1 fully saturated rings. The van der Waals surface area contributed by atoms with Gasteiger partial charge in [0.2, 0.25) is 0 Å². The van der Waals surface area contributed by atoms with Gasteiger partial charge >= 0.3 is 0 Å². The zero-order chi connectivity index (χ0) is 14.0. The van der Waals surface area contributed by atoms with Gasteiger partial charge in [0, 0.05) is 24.7 Å². The molecule has 2 atom stereocenters. The van der Waals surface area contributed by atoms with E-state index in [9.17, 15) is 4.79 Å². The van der Waals surface area contributed by atoms with Crippen LogP contribution in [0.5, 0.6) is 0 Å². The minimum atomic E-state index is 0.139. The lowest BCUT2D eigenvalue weighted by molar-refractivity contribution is 0.0573. The number of aryl methyl sites for hydroxylation is 2. The van der Waals surface area contributed by atoms with Crippen molar-refractivity contribution in [1.29, 1.82) is 0 Å². The van der Waals surface area contributed by atoms with E-state index in [1.807, 2.05) is 30.9 Å². The highest BCUT2D eigenvalue weighted by atomic mass is 16.2. The molecule has 19 heavy (non-hydrogen) atoms. The first kappa shape index (κ1) is 14.1. The molecule has 1 aliphatic heterocycles. The summed E-state index contributed by atoms with van der Waals surface area (Å²) in [7, 11) is 0. The van der Waals surface area contributed by atoms with Crippen LogP contribution in [0.2, 0.25) is 0 Å². The molecule has 2 unspecified atom stereocenters. The van der Waals surface area contributed by atoms with E-state index in [1.54, 1.807) is 0 Å². The molecule has 1 aliphatic rings. The van der Waals surface area contributed by atoms with Gasteiger partial charge in [0.15, 0.2) is 0 Å². The van der Waals surface area contributed by atoms with Crippen LogP contribution < -0.4 is 5.73 Å². The molecule has 0 bridgehead atoms. The third-order valence-corrected chi connectivity index (χ3v) is 4.12. The Morgan fingerprint density at radius 2 is 2.16 bits per heavy atom. The van der Waals surface area contributed by atoms with E-state index in [1.165, 1.54) is 5.56 Å². The Balaban J connectivity index is 2.22. The van der Waals surface area contributed by atoms with E-state index in [4.69, 9.17) is 5.73 Å². The van der Waals surface area contributed by atoms with Crippen molar-refractivity contribution in [3.63, 3.8) is 0 Å². The summed E-state index contributed by atoms with van der Waals surface area (Å²) in [6.45, 7) is 7.68. The summed E-state index contributed by atoms with van der Waals surface area (Å²) in [6.07, 6.45) is 2.10. The van der Waals surface area contributed by atoms with Gasteiger partial charge < -0.3 is 10.6 Å². The second-order valence-electron chi connectivity index (χ2n) is 5.84. The zero-order valence-electron chi connectivity index (χ0n) is 12.1. The number of nitrogens with zero attached hydrogens (tertiary/aromatic N) is 1. The molecule has 2 N–H and O–H groups in total. The second kappa shape index (κ2) is 5.74. The average molecular weight is 260 g/mol. The fourth-order valence-electron chi connectivity index (χ4n) is 2.95. The summed E-state index contributed by atoms with van der Waals surface area (Å²) >= 11 is 0.